The number of carbonyl (C=O) groups is 1. The molecular weight excluding hydrogens is 344 g/mol. The largest absolute Gasteiger partial charge is 0.383 e. The highest BCUT2D eigenvalue weighted by Crippen LogP contribution is 2.42. The number of hydrogen-bond donors (Lipinski definition) is 2. The molecule has 0 spiro atoms. The van der Waals surface area contributed by atoms with Crippen molar-refractivity contribution in [2.45, 2.75) is 51.7 Å². The van der Waals surface area contributed by atoms with Gasteiger partial charge in [0.15, 0.2) is 5.96 Å². The number of aromatic nitrogens is 2. The third-order valence-corrected chi connectivity index (χ3v) is 5.10. The Bertz CT molecular complexity index is 678. The van der Waals surface area contributed by atoms with E-state index in [1.54, 1.807) is 7.11 Å². The molecule has 1 aromatic heterocycles. The van der Waals surface area contributed by atoms with E-state index in [0.29, 0.717) is 26.1 Å². The highest BCUT2D eigenvalue weighted by Gasteiger charge is 2.45. The van der Waals surface area contributed by atoms with Crippen LogP contribution in [0.4, 0.5) is 0 Å². The van der Waals surface area contributed by atoms with E-state index in [2.05, 4.69) is 41.5 Å². The lowest BCUT2D eigenvalue weighted by atomic mass is 9.93. The topological polar surface area (TPSA) is 83.8 Å². The molecule has 1 amide bonds. The fourth-order valence-electron chi connectivity index (χ4n) is 3.91. The Labute approximate surface area is 161 Å². The Morgan fingerprint density at radius 1 is 1.41 bits per heavy atom. The minimum atomic E-state index is -0.244. The van der Waals surface area contributed by atoms with Gasteiger partial charge in [0.1, 0.15) is 0 Å². The van der Waals surface area contributed by atoms with Gasteiger partial charge in [-0.1, -0.05) is 0 Å². The van der Waals surface area contributed by atoms with Crippen molar-refractivity contribution in [1.29, 1.82) is 0 Å². The van der Waals surface area contributed by atoms with Crippen LogP contribution in [0, 0.1) is 5.92 Å². The number of nitrogens with one attached hydrogen (secondary N) is 2. The summed E-state index contributed by atoms with van der Waals surface area (Å²) >= 11 is 0. The Morgan fingerprint density at radius 3 is 2.89 bits per heavy atom. The summed E-state index contributed by atoms with van der Waals surface area (Å²) in [5.74, 6) is 1.21. The van der Waals surface area contributed by atoms with Crippen molar-refractivity contribution in [1.82, 2.24) is 25.3 Å². The Balaban J connectivity index is 1.79. The van der Waals surface area contributed by atoms with Gasteiger partial charge >= 0.3 is 0 Å². The molecule has 8 heteroatoms. The standard InChI is InChI=1S/C19H32N6O2/c1-19(2,3)25-16(26)10-14(11-22-18-20-6-5-7-21-18)17(25)15-12-23-24(13-15)8-9-27-4/h12-14,17H,5-11H2,1-4H3,(H2,20,21,22)/t14-,17+/m0/s1. The summed E-state index contributed by atoms with van der Waals surface area (Å²) in [6.45, 7) is 10.1. The second-order valence-corrected chi connectivity index (χ2v) is 8.26. The molecule has 0 unspecified atom stereocenters. The minimum absolute atomic E-state index is 0.00508. The van der Waals surface area contributed by atoms with Crippen LogP contribution in [0.25, 0.3) is 0 Å². The number of methoxy groups -OCH3 is 1. The van der Waals surface area contributed by atoms with E-state index in [4.69, 9.17) is 4.74 Å². The number of amides is 1. The first-order chi connectivity index (χ1) is 12.9. The summed E-state index contributed by atoms with van der Waals surface area (Å²) in [6, 6.07) is 0.00508. The predicted molar refractivity (Wildman–Crippen MR) is 104 cm³/mol. The first-order valence-electron chi connectivity index (χ1n) is 9.76. The SMILES string of the molecule is COCCn1cc([C@H]2[C@H](CNC3=NCCCN3)CC(=O)N2C(C)(C)C)cn1. The Morgan fingerprint density at radius 2 is 2.22 bits per heavy atom. The molecule has 0 aliphatic carbocycles. The molecule has 27 heavy (non-hydrogen) atoms. The fraction of sp³-hybridized carbons (Fsp3) is 0.737. The molecule has 1 saturated heterocycles. The van der Waals surface area contributed by atoms with E-state index in [1.165, 1.54) is 0 Å². The van der Waals surface area contributed by atoms with Gasteiger partial charge in [-0.15, -0.1) is 0 Å². The Kier molecular flexibility index (Phi) is 6.04. The summed E-state index contributed by atoms with van der Waals surface area (Å²) in [6.07, 6.45) is 5.53. The van der Waals surface area contributed by atoms with Crippen LogP contribution in [-0.2, 0) is 16.1 Å². The molecule has 0 radical (unpaired) electrons. The summed E-state index contributed by atoms with van der Waals surface area (Å²) < 4.78 is 7.03. The zero-order chi connectivity index (χ0) is 19.4. The van der Waals surface area contributed by atoms with E-state index in [-0.39, 0.29) is 23.4 Å². The van der Waals surface area contributed by atoms with Crippen LogP contribution < -0.4 is 10.6 Å². The highest BCUT2D eigenvalue weighted by molar-refractivity contribution is 5.82. The van der Waals surface area contributed by atoms with Gasteiger partial charge < -0.3 is 20.3 Å². The van der Waals surface area contributed by atoms with Crippen LogP contribution >= 0.6 is 0 Å². The first-order valence-corrected chi connectivity index (χ1v) is 9.76. The van der Waals surface area contributed by atoms with E-state index in [1.807, 2.05) is 22.0 Å². The minimum Gasteiger partial charge on any atom is -0.383 e. The maximum Gasteiger partial charge on any atom is 0.223 e. The molecular formula is C19H32N6O2. The average Bonchev–Trinajstić information content (AvgIpc) is 3.22. The van der Waals surface area contributed by atoms with Crippen molar-refractivity contribution < 1.29 is 9.53 Å². The summed E-state index contributed by atoms with van der Waals surface area (Å²) in [5.41, 5.74) is 0.836. The van der Waals surface area contributed by atoms with Crippen LogP contribution in [0.3, 0.4) is 0 Å². The van der Waals surface area contributed by atoms with Crippen LogP contribution in [0.15, 0.2) is 17.4 Å². The summed E-state index contributed by atoms with van der Waals surface area (Å²) in [7, 11) is 1.69. The maximum atomic E-state index is 12.9. The lowest BCUT2D eigenvalue weighted by Crippen LogP contribution is -2.46. The number of guanidine groups is 1. The number of carbonyl (C=O) groups excluding carboxylic acids is 1. The molecule has 0 bridgehead atoms. The molecule has 1 aromatic rings. The van der Waals surface area contributed by atoms with Crippen molar-refractivity contribution in [3.8, 4) is 0 Å². The lowest BCUT2D eigenvalue weighted by molar-refractivity contribution is -0.133. The van der Waals surface area contributed by atoms with Gasteiger partial charge in [0.25, 0.3) is 0 Å². The smallest absolute Gasteiger partial charge is 0.223 e. The molecule has 2 N–H and O–H groups in total. The van der Waals surface area contributed by atoms with E-state index < -0.39 is 0 Å². The highest BCUT2D eigenvalue weighted by atomic mass is 16.5. The van der Waals surface area contributed by atoms with Crippen molar-refractivity contribution >= 4 is 11.9 Å². The number of likely N-dealkylation sites (tertiary alicyclic amines) is 1. The molecule has 0 saturated carbocycles. The van der Waals surface area contributed by atoms with Crippen LogP contribution in [0.2, 0.25) is 0 Å². The monoisotopic (exact) mass is 376 g/mol. The van der Waals surface area contributed by atoms with Crippen molar-refractivity contribution in [2.75, 3.05) is 33.4 Å². The number of nitrogens with zero attached hydrogens (tertiary/aromatic N) is 4. The number of aliphatic imine (C=N–C) groups is 1. The van der Waals surface area contributed by atoms with Crippen LogP contribution in [0.5, 0.6) is 0 Å². The molecule has 2 aliphatic rings. The van der Waals surface area contributed by atoms with Crippen LogP contribution in [0.1, 0.15) is 45.2 Å². The maximum absolute atomic E-state index is 12.9. The van der Waals surface area contributed by atoms with Crippen LogP contribution in [-0.4, -0.2) is 65.4 Å². The van der Waals surface area contributed by atoms with Crippen molar-refractivity contribution in [2.24, 2.45) is 10.9 Å². The van der Waals surface area contributed by atoms with Gasteiger partial charge in [-0.05, 0) is 27.2 Å². The third kappa shape index (κ3) is 4.61. The van der Waals surface area contributed by atoms with E-state index >= 15 is 0 Å². The summed E-state index contributed by atoms with van der Waals surface area (Å²) in [4.78, 5) is 19.3. The first kappa shape index (κ1) is 19.7. The van der Waals surface area contributed by atoms with Gasteiger partial charge in [0.05, 0.1) is 25.4 Å². The second-order valence-electron chi connectivity index (χ2n) is 8.26. The van der Waals surface area contributed by atoms with Gasteiger partial charge in [0.2, 0.25) is 5.91 Å². The fourth-order valence-corrected chi connectivity index (χ4v) is 3.91. The molecule has 0 aromatic carbocycles. The lowest BCUT2D eigenvalue weighted by Gasteiger charge is -2.38. The zero-order valence-electron chi connectivity index (χ0n) is 16.9. The Hall–Kier alpha value is -2.09. The quantitative estimate of drug-likeness (QED) is 0.778. The average molecular weight is 377 g/mol. The van der Waals surface area contributed by atoms with Gasteiger partial charge in [0, 0.05) is 56.4 Å². The van der Waals surface area contributed by atoms with Crippen molar-refractivity contribution in [3.63, 3.8) is 0 Å². The number of hydrogen-bond acceptors (Lipinski definition) is 6. The molecule has 2 atom stereocenters. The van der Waals surface area contributed by atoms with E-state index in [9.17, 15) is 4.79 Å². The van der Waals surface area contributed by atoms with E-state index in [0.717, 1.165) is 31.0 Å². The molecule has 2 aliphatic heterocycles. The normalized spacial score (nSPS) is 23.3. The second kappa shape index (κ2) is 8.29. The zero-order valence-corrected chi connectivity index (χ0v) is 16.9. The third-order valence-electron chi connectivity index (χ3n) is 5.10. The predicted octanol–water partition coefficient (Wildman–Crippen LogP) is 1.16. The van der Waals surface area contributed by atoms with Gasteiger partial charge in [-0.25, -0.2) is 0 Å². The number of rotatable bonds is 6. The molecule has 8 nitrogen and oxygen atoms in total. The summed E-state index contributed by atoms with van der Waals surface area (Å²) in [5, 5.41) is 11.2. The van der Waals surface area contributed by atoms with Crippen molar-refractivity contribution in [3.05, 3.63) is 18.0 Å². The van der Waals surface area contributed by atoms with Gasteiger partial charge in [-0.2, -0.15) is 5.10 Å². The molecule has 150 valence electrons. The number of ether oxygens (including phenoxy) is 1. The van der Waals surface area contributed by atoms with Gasteiger partial charge in [-0.3, -0.25) is 14.5 Å². The molecule has 3 heterocycles. The molecule has 3 rings (SSSR count). The molecule has 1 fully saturated rings.